The summed E-state index contributed by atoms with van der Waals surface area (Å²) >= 11 is 6.97. The fraction of sp³-hybridized carbons (Fsp3) is 0.0714. The summed E-state index contributed by atoms with van der Waals surface area (Å²) in [5, 5.41) is 0. The lowest BCUT2D eigenvalue weighted by molar-refractivity contribution is 0.564. The van der Waals surface area contributed by atoms with Crippen LogP contribution in [0.2, 0.25) is 0 Å². The van der Waals surface area contributed by atoms with E-state index < -0.39 is 17.5 Å². The van der Waals surface area contributed by atoms with Crippen molar-refractivity contribution in [3.63, 3.8) is 0 Å². The molecule has 1 heterocycles. The zero-order valence-corrected chi connectivity index (χ0v) is 13.7. The van der Waals surface area contributed by atoms with Gasteiger partial charge in [0.2, 0.25) is 0 Å². The molecule has 0 aliphatic heterocycles. The summed E-state index contributed by atoms with van der Waals surface area (Å²) in [7, 11) is 0. The third kappa shape index (κ3) is 2.28. The molecule has 0 aliphatic rings. The first-order valence-corrected chi connectivity index (χ1v) is 7.43. The number of imidazole rings is 1. The minimum atomic E-state index is -0.756. The predicted molar refractivity (Wildman–Crippen MR) is 85.8 cm³/mol. The maximum absolute atomic E-state index is 14.3. The van der Waals surface area contributed by atoms with Crippen LogP contribution in [0.15, 0.2) is 24.3 Å². The van der Waals surface area contributed by atoms with Crippen molar-refractivity contribution in [3.05, 3.63) is 55.6 Å². The van der Waals surface area contributed by atoms with Gasteiger partial charge in [0, 0.05) is 6.07 Å². The highest BCUT2D eigenvalue weighted by atomic mass is 127. The van der Waals surface area contributed by atoms with E-state index in [-0.39, 0.29) is 16.0 Å². The second-order valence-corrected chi connectivity index (χ2v) is 6.12. The molecule has 0 fully saturated rings. The molecule has 0 aliphatic carbocycles. The minimum Gasteiger partial charge on any atom is -0.330 e. The van der Waals surface area contributed by atoms with Crippen LogP contribution < -0.4 is 0 Å². The van der Waals surface area contributed by atoms with E-state index >= 15 is 0 Å². The Labute approximate surface area is 136 Å². The van der Waals surface area contributed by atoms with Gasteiger partial charge in [-0.3, -0.25) is 4.57 Å². The quantitative estimate of drug-likeness (QED) is 0.433. The third-order valence-corrected chi connectivity index (χ3v) is 4.32. The van der Waals surface area contributed by atoms with E-state index in [0.717, 1.165) is 6.07 Å². The first-order valence-electron chi connectivity index (χ1n) is 5.95. The molecule has 0 saturated heterocycles. The molecule has 2 nitrogen and oxygen atoms in total. The summed E-state index contributed by atoms with van der Waals surface area (Å²) in [5.41, 5.74) is 0.799. The van der Waals surface area contributed by atoms with Gasteiger partial charge >= 0.3 is 0 Å². The molecule has 0 spiro atoms. The van der Waals surface area contributed by atoms with E-state index in [4.69, 9.17) is 12.2 Å². The lowest BCUT2D eigenvalue weighted by Crippen LogP contribution is -2.03. The van der Waals surface area contributed by atoms with E-state index in [2.05, 4.69) is 4.98 Å². The standard InChI is InChI=1S/C14H8F3IN2S/c1-6-2-3-7(15)13(12(6)17)20-11-4-8(16)9(18)5-10(11)19-14(20)21/h2-5H,1H3,(H,19,21). The fourth-order valence-corrected chi connectivity index (χ4v) is 2.94. The average molecular weight is 420 g/mol. The smallest absolute Gasteiger partial charge is 0.182 e. The summed E-state index contributed by atoms with van der Waals surface area (Å²) in [6.45, 7) is 1.53. The summed E-state index contributed by atoms with van der Waals surface area (Å²) in [6, 6.07) is 5.27. The number of aromatic nitrogens is 2. The number of nitrogens with one attached hydrogen (secondary N) is 1. The van der Waals surface area contributed by atoms with Crippen LogP contribution in [-0.2, 0) is 0 Å². The van der Waals surface area contributed by atoms with Crippen molar-refractivity contribution in [2.24, 2.45) is 0 Å². The van der Waals surface area contributed by atoms with Crippen molar-refractivity contribution in [1.29, 1.82) is 0 Å². The Balaban J connectivity index is 2.47. The molecular weight excluding hydrogens is 412 g/mol. The normalized spacial score (nSPS) is 11.3. The maximum atomic E-state index is 14.3. The molecule has 0 atom stereocenters. The van der Waals surface area contributed by atoms with Crippen molar-refractivity contribution < 1.29 is 13.2 Å². The van der Waals surface area contributed by atoms with Gasteiger partial charge in [-0.15, -0.1) is 0 Å². The molecule has 3 rings (SSSR count). The minimum absolute atomic E-state index is 0.106. The monoisotopic (exact) mass is 420 g/mol. The molecule has 0 radical (unpaired) electrons. The van der Waals surface area contributed by atoms with Gasteiger partial charge in [0.25, 0.3) is 0 Å². The Morgan fingerprint density at radius 3 is 2.57 bits per heavy atom. The predicted octanol–water partition coefficient (Wildman–Crippen LogP) is 5.02. The number of fused-ring (bicyclic) bond motifs is 1. The van der Waals surface area contributed by atoms with Crippen molar-refractivity contribution in [1.82, 2.24) is 9.55 Å². The highest BCUT2D eigenvalue weighted by Gasteiger charge is 2.18. The number of halogens is 4. The molecule has 1 aromatic heterocycles. The molecule has 1 N–H and O–H groups in total. The lowest BCUT2D eigenvalue weighted by Gasteiger charge is -2.09. The molecular formula is C14H8F3IN2S. The van der Waals surface area contributed by atoms with E-state index in [9.17, 15) is 13.2 Å². The van der Waals surface area contributed by atoms with Gasteiger partial charge in [-0.1, -0.05) is 6.07 Å². The Hall–Kier alpha value is -1.35. The molecule has 108 valence electrons. The number of aromatic amines is 1. The zero-order valence-electron chi connectivity index (χ0n) is 10.7. The lowest BCUT2D eigenvalue weighted by atomic mass is 10.2. The number of nitrogens with zero attached hydrogens (tertiary/aromatic N) is 1. The fourth-order valence-electron chi connectivity index (χ4n) is 2.17. The van der Waals surface area contributed by atoms with Gasteiger partial charge in [0.05, 0.1) is 14.6 Å². The largest absolute Gasteiger partial charge is 0.330 e. The number of H-pyrrole nitrogens is 1. The number of rotatable bonds is 1. The Morgan fingerprint density at radius 2 is 1.86 bits per heavy atom. The van der Waals surface area contributed by atoms with Crippen LogP contribution in [0.3, 0.4) is 0 Å². The number of hydrogen-bond donors (Lipinski definition) is 1. The van der Waals surface area contributed by atoms with Gasteiger partial charge in [0.15, 0.2) is 10.6 Å². The van der Waals surface area contributed by atoms with Crippen molar-refractivity contribution in [2.75, 3.05) is 0 Å². The second kappa shape index (κ2) is 5.13. The van der Waals surface area contributed by atoms with Crippen molar-refractivity contribution in [2.45, 2.75) is 6.92 Å². The van der Waals surface area contributed by atoms with Crippen LogP contribution in [0.5, 0.6) is 0 Å². The van der Waals surface area contributed by atoms with Crippen molar-refractivity contribution >= 4 is 45.8 Å². The Bertz CT molecular complexity index is 930. The third-order valence-electron chi connectivity index (χ3n) is 3.21. The number of aryl methyl sites for hydroxylation is 1. The van der Waals surface area contributed by atoms with Crippen molar-refractivity contribution in [3.8, 4) is 5.69 Å². The summed E-state index contributed by atoms with van der Waals surface area (Å²) in [5.74, 6) is -1.95. The number of benzene rings is 2. The molecule has 3 aromatic rings. The van der Waals surface area contributed by atoms with Gasteiger partial charge in [-0.25, -0.2) is 13.2 Å². The first-order chi connectivity index (χ1) is 9.90. The Kier molecular flexibility index (Phi) is 3.56. The maximum Gasteiger partial charge on any atom is 0.182 e. The van der Waals surface area contributed by atoms with E-state index in [1.54, 1.807) is 6.07 Å². The van der Waals surface area contributed by atoms with E-state index in [1.165, 1.54) is 23.6 Å². The van der Waals surface area contributed by atoms with E-state index in [1.807, 2.05) is 22.6 Å². The zero-order chi connectivity index (χ0) is 15.3. The summed E-state index contributed by atoms with van der Waals surface area (Å²) < 4.78 is 43.8. The van der Waals surface area contributed by atoms with Gasteiger partial charge in [0.1, 0.15) is 17.3 Å². The van der Waals surface area contributed by atoms with Gasteiger partial charge in [-0.2, -0.15) is 0 Å². The topological polar surface area (TPSA) is 20.7 Å². The molecule has 0 unspecified atom stereocenters. The molecule has 21 heavy (non-hydrogen) atoms. The van der Waals surface area contributed by atoms with Gasteiger partial charge < -0.3 is 4.98 Å². The summed E-state index contributed by atoms with van der Waals surface area (Å²) in [4.78, 5) is 2.84. The van der Waals surface area contributed by atoms with Crippen LogP contribution in [0, 0.1) is 32.7 Å². The number of hydrogen-bond acceptors (Lipinski definition) is 1. The second-order valence-electron chi connectivity index (χ2n) is 4.58. The van der Waals surface area contributed by atoms with Crippen LogP contribution >= 0.6 is 34.8 Å². The first kappa shape index (κ1) is 14.6. The van der Waals surface area contributed by atoms with Crippen LogP contribution in [0.25, 0.3) is 16.7 Å². The van der Waals surface area contributed by atoms with Crippen LogP contribution in [-0.4, -0.2) is 9.55 Å². The molecule has 7 heteroatoms. The van der Waals surface area contributed by atoms with E-state index in [0.29, 0.717) is 14.6 Å². The SMILES string of the molecule is Cc1ccc(F)c(-n2c(=S)[nH]c3cc(I)c(F)cc32)c1F. The molecule has 0 bridgehead atoms. The average Bonchev–Trinajstić information content (AvgIpc) is 2.72. The molecule has 0 saturated carbocycles. The Morgan fingerprint density at radius 1 is 1.14 bits per heavy atom. The molecule has 2 aromatic carbocycles. The highest BCUT2D eigenvalue weighted by molar-refractivity contribution is 14.1. The van der Waals surface area contributed by atoms with Gasteiger partial charge in [-0.05, 0) is 59.4 Å². The van der Waals surface area contributed by atoms with Crippen LogP contribution in [0.1, 0.15) is 5.56 Å². The highest BCUT2D eigenvalue weighted by Crippen LogP contribution is 2.27. The summed E-state index contributed by atoms with van der Waals surface area (Å²) in [6.07, 6.45) is 0. The van der Waals surface area contributed by atoms with Crippen LogP contribution in [0.4, 0.5) is 13.2 Å². The molecule has 0 amide bonds.